The van der Waals surface area contributed by atoms with E-state index in [0.717, 1.165) is 27.8 Å². The van der Waals surface area contributed by atoms with Gasteiger partial charge in [-0.15, -0.1) is 0 Å². The predicted octanol–water partition coefficient (Wildman–Crippen LogP) is 4.08. The summed E-state index contributed by atoms with van der Waals surface area (Å²) in [5.41, 5.74) is 3.21. The average molecular weight is 284 g/mol. The minimum Gasteiger partial charge on any atom is -0.454 e. The maximum atomic E-state index is 5.37. The molecule has 0 amide bonds. The Bertz CT molecular complexity index is 798. The van der Waals surface area contributed by atoms with E-state index in [1.54, 1.807) is 11.3 Å². The minimum atomic E-state index is 0.291. The van der Waals surface area contributed by atoms with E-state index in [1.165, 1.54) is 10.3 Å². The van der Waals surface area contributed by atoms with Crippen molar-refractivity contribution in [2.45, 2.75) is 6.92 Å². The van der Waals surface area contributed by atoms with Gasteiger partial charge < -0.3 is 14.8 Å². The number of aromatic nitrogens is 1. The van der Waals surface area contributed by atoms with Crippen LogP contribution in [0.3, 0.4) is 0 Å². The summed E-state index contributed by atoms with van der Waals surface area (Å²) in [5, 5.41) is 4.19. The van der Waals surface area contributed by atoms with E-state index in [-0.39, 0.29) is 0 Å². The van der Waals surface area contributed by atoms with Gasteiger partial charge in [-0.3, -0.25) is 0 Å². The zero-order chi connectivity index (χ0) is 13.5. The fraction of sp³-hybridized carbons (Fsp3) is 0.133. The van der Waals surface area contributed by atoms with Crippen LogP contribution in [0.25, 0.3) is 10.2 Å². The van der Waals surface area contributed by atoms with Gasteiger partial charge in [0.05, 0.1) is 10.2 Å². The summed E-state index contributed by atoms with van der Waals surface area (Å²) in [4.78, 5) is 4.58. The summed E-state index contributed by atoms with van der Waals surface area (Å²) < 4.78 is 11.9. The average Bonchev–Trinajstić information content (AvgIpc) is 3.03. The summed E-state index contributed by atoms with van der Waals surface area (Å²) in [5.74, 6) is 1.56. The van der Waals surface area contributed by atoms with E-state index in [9.17, 15) is 0 Å². The van der Waals surface area contributed by atoms with Crippen LogP contribution in [-0.2, 0) is 0 Å². The van der Waals surface area contributed by atoms with Gasteiger partial charge in [0.25, 0.3) is 0 Å². The molecule has 0 saturated carbocycles. The van der Waals surface area contributed by atoms with E-state index in [4.69, 9.17) is 9.47 Å². The molecule has 3 aromatic rings. The van der Waals surface area contributed by atoms with Gasteiger partial charge in [0.2, 0.25) is 6.79 Å². The van der Waals surface area contributed by atoms with Crippen LogP contribution in [0.4, 0.5) is 10.8 Å². The molecule has 0 spiro atoms. The van der Waals surface area contributed by atoms with Gasteiger partial charge in [-0.1, -0.05) is 17.4 Å². The second-order valence-electron chi connectivity index (χ2n) is 4.68. The third-order valence-electron chi connectivity index (χ3n) is 3.17. The van der Waals surface area contributed by atoms with Gasteiger partial charge in [0.1, 0.15) is 0 Å². The number of hydrogen-bond acceptors (Lipinski definition) is 5. The number of nitrogens with zero attached hydrogens (tertiary/aromatic N) is 1. The summed E-state index contributed by atoms with van der Waals surface area (Å²) >= 11 is 1.65. The maximum absolute atomic E-state index is 5.37. The number of rotatable bonds is 2. The van der Waals surface area contributed by atoms with Gasteiger partial charge in [-0.2, -0.15) is 0 Å². The van der Waals surface area contributed by atoms with Gasteiger partial charge in [0, 0.05) is 11.8 Å². The van der Waals surface area contributed by atoms with Crippen molar-refractivity contribution in [3.8, 4) is 11.5 Å². The molecule has 2 heterocycles. The summed E-state index contributed by atoms with van der Waals surface area (Å²) in [6.07, 6.45) is 0. The molecule has 0 unspecified atom stereocenters. The van der Waals surface area contributed by atoms with E-state index >= 15 is 0 Å². The van der Waals surface area contributed by atoms with Crippen LogP contribution < -0.4 is 14.8 Å². The van der Waals surface area contributed by atoms with Crippen LogP contribution in [-0.4, -0.2) is 11.8 Å². The molecule has 2 aromatic carbocycles. The molecule has 0 saturated heterocycles. The Hall–Kier alpha value is -2.27. The maximum Gasteiger partial charge on any atom is 0.231 e. The number of benzene rings is 2. The molecule has 4 rings (SSSR count). The molecular weight excluding hydrogens is 272 g/mol. The number of thiazole rings is 1. The Morgan fingerprint density at radius 1 is 1.10 bits per heavy atom. The Balaban J connectivity index is 1.66. The van der Waals surface area contributed by atoms with Crippen LogP contribution in [0.5, 0.6) is 11.5 Å². The topological polar surface area (TPSA) is 43.4 Å². The third kappa shape index (κ3) is 1.96. The highest BCUT2D eigenvalue weighted by Gasteiger charge is 2.13. The molecule has 1 aromatic heterocycles. The van der Waals surface area contributed by atoms with Crippen molar-refractivity contribution < 1.29 is 9.47 Å². The molecule has 0 fully saturated rings. The van der Waals surface area contributed by atoms with E-state index in [0.29, 0.717) is 6.79 Å². The summed E-state index contributed by atoms with van der Waals surface area (Å²) in [6.45, 7) is 2.38. The van der Waals surface area contributed by atoms with Crippen molar-refractivity contribution in [2.24, 2.45) is 0 Å². The zero-order valence-corrected chi connectivity index (χ0v) is 11.7. The smallest absolute Gasteiger partial charge is 0.231 e. The number of hydrogen-bond donors (Lipinski definition) is 1. The Morgan fingerprint density at radius 2 is 2.00 bits per heavy atom. The lowest BCUT2D eigenvalue weighted by molar-refractivity contribution is 0.174. The monoisotopic (exact) mass is 284 g/mol. The summed E-state index contributed by atoms with van der Waals surface area (Å²) in [6, 6.07) is 12.1. The number of aryl methyl sites for hydroxylation is 1. The minimum absolute atomic E-state index is 0.291. The van der Waals surface area contributed by atoms with E-state index in [1.807, 2.05) is 24.3 Å². The first-order chi connectivity index (χ1) is 9.78. The molecule has 1 aliphatic heterocycles. The van der Waals surface area contributed by atoms with Crippen molar-refractivity contribution in [3.63, 3.8) is 0 Å². The Kier molecular flexibility index (Phi) is 2.53. The summed E-state index contributed by atoms with van der Waals surface area (Å²) in [7, 11) is 0. The zero-order valence-electron chi connectivity index (χ0n) is 10.8. The molecule has 0 bridgehead atoms. The number of nitrogens with one attached hydrogen (secondary N) is 1. The van der Waals surface area contributed by atoms with Crippen molar-refractivity contribution in [1.29, 1.82) is 0 Å². The number of fused-ring (bicyclic) bond motifs is 2. The molecular formula is C15H12N2O2S. The highest BCUT2D eigenvalue weighted by Crippen LogP contribution is 2.36. The standard InChI is InChI=1S/C15H12N2O2S/c1-9-2-4-11-14(6-9)20-15(17-11)16-10-3-5-12-13(7-10)19-8-18-12/h2-7H,8H2,1H3,(H,16,17). The van der Waals surface area contributed by atoms with Crippen molar-refractivity contribution in [1.82, 2.24) is 4.98 Å². The van der Waals surface area contributed by atoms with E-state index in [2.05, 4.69) is 29.4 Å². The molecule has 4 nitrogen and oxygen atoms in total. The lowest BCUT2D eigenvalue weighted by atomic mass is 10.2. The van der Waals surface area contributed by atoms with Gasteiger partial charge in [-0.25, -0.2) is 4.98 Å². The van der Waals surface area contributed by atoms with Crippen LogP contribution in [0, 0.1) is 6.92 Å². The Morgan fingerprint density at radius 3 is 2.95 bits per heavy atom. The third-order valence-corrected chi connectivity index (χ3v) is 4.10. The molecule has 20 heavy (non-hydrogen) atoms. The second-order valence-corrected chi connectivity index (χ2v) is 5.71. The molecule has 0 atom stereocenters. The normalized spacial score (nSPS) is 12.8. The Labute approximate surface area is 120 Å². The molecule has 5 heteroatoms. The number of ether oxygens (including phenoxy) is 2. The van der Waals surface area contributed by atoms with E-state index < -0.39 is 0 Å². The van der Waals surface area contributed by atoms with Crippen LogP contribution in [0.15, 0.2) is 36.4 Å². The predicted molar refractivity (Wildman–Crippen MR) is 80.2 cm³/mol. The van der Waals surface area contributed by atoms with Gasteiger partial charge in [-0.05, 0) is 36.8 Å². The second kappa shape index (κ2) is 4.38. The lowest BCUT2D eigenvalue weighted by Crippen LogP contribution is -1.93. The van der Waals surface area contributed by atoms with Gasteiger partial charge >= 0.3 is 0 Å². The first kappa shape index (κ1) is 11.5. The highest BCUT2D eigenvalue weighted by atomic mass is 32.1. The molecule has 1 aliphatic rings. The highest BCUT2D eigenvalue weighted by molar-refractivity contribution is 7.22. The first-order valence-electron chi connectivity index (χ1n) is 6.32. The van der Waals surface area contributed by atoms with Crippen LogP contribution in [0.1, 0.15) is 5.56 Å². The lowest BCUT2D eigenvalue weighted by Gasteiger charge is -2.03. The SMILES string of the molecule is Cc1ccc2nc(Nc3ccc4c(c3)OCO4)sc2c1. The van der Waals surface area contributed by atoms with Crippen molar-refractivity contribution in [3.05, 3.63) is 42.0 Å². The molecule has 0 aliphatic carbocycles. The van der Waals surface area contributed by atoms with Gasteiger partial charge in [0.15, 0.2) is 16.6 Å². The first-order valence-corrected chi connectivity index (χ1v) is 7.13. The fourth-order valence-corrected chi connectivity index (χ4v) is 3.17. The quantitative estimate of drug-likeness (QED) is 0.770. The molecule has 100 valence electrons. The molecule has 1 N–H and O–H groups in total. The fourth-order valence-electron chi connectivity index (χ4n) is 2.18. The van der Waals surface area contributed by atoms with Crippen molar-refractivity contribution >= 4 is 32.4 Å². The van der Waals surface area contributed by atoms with Crippen LogP contribution in [0.2, 0.25) is 0 Å². The van der Waals surface area contributed by atoms with Crippen molar-refractivity contribution in [2.75, 3.05) is 12.1 Å². The largest absolute Gasteiger partial charge is 0.454 e. The van der Waals surface area contributed by atoms with Crippen LogP contribution >= 0.6 is 11.3 Å². The number of anilines is 2. The molecule has 0 radical (unpaired) electrons.